The van der Waals surface area contributed by atoms with E-state index in [0.29, 0.717) is 6.04 Å². The quantitative estimate of drug-likeness (QED) is 0.421. The fourth-order valence-electron chi connectivity index (χ4n) is 1.57. The van der Waals surface area contributed by atoms with Crippen LogP contribution < -0.4 is 0 Å². The van der Waals surface area contributed by atoms with Crippen LogP contribution in [0, 0.1) is 0 Å². The van der Waals surface area contributed by atoms with Gasteiger partial charge in [-0.05, 0) is 13.3 Å². The van der Waals surface area contributed by atoms with E-state index in [0.717, 1.165) is 19.3 Å². The van der Waals surface area contributed by atoms with E-state index in [1.165, 1.54) is 0 Å². The van der Waals surface area contributed by atoms with Gasteiger partial charge in [0.05, 0.1) is 5.60 Å². The summed E-state index contributed by atoms with van der Waals surface area (Å²) in [5.41, 5.74) is -0.434. The average Bonchev–Trinajstić information content (AvgIpc) is 2.10. The predicted octanol–water partition coefficient (Wildman–Crippen LogP) is 0.633. The lowest BCUT2D eigenvalue weighted by Crippen LogP contribution is -2.24. The Morgan fingerprint density at radius 3 is 2.50 bits per heavy atom. The molecule has 1 aliphatic rings. The average molecular weight is 142 g/mol. The maximum absolute atomic E-state index is 9.56. The van der Waals surface area contributed by atoms with Crippen molar-refractivity contribution < 1.29 is 9.68 Å². The molecule has 0 radical (unpaired) electrons. The summed E-state index contributed by atoms with van der Waals surface area (Å²) < 4.78 is 1.95. The summed E-state index contributed by atoms with van der Waals surface area (Å²) in [5.74, 6) is 0. The van der Waals surface area contributed by atoms with Gasteiger partial charge in [0.25, 0.3) is 0 Å². The summed E-state index contributed by atoms with van der Waals surface area (Å²) in [6.45, 7) is 5.71. The highest BCUT2D eigenvalue weighted by molar-refractivity contribution is 5.14. The second-order valence-corrected chi connectivity index (χ2v) is 3.65. The lowest BCUT2D eigenvalue weighted by molar-refractivity contribution is -0.529. The maximum Gasteiger partial charge on any atom is 0.154 e. The van der Waals surface area contributed by atoms with Gasteiger partial charge in [-0.15, -0.1) is 0 Å². The zero-order valence-electron chi connectivity index (χ0n) is 6.80. The molecule has 0 amide bonds. The molecule has 2 atom stereocenters. The summed E-state index contributed by atoms with van der Waals surface area (Å²) in [7, 11) is 1.96. The van der Waals surface area contributed by atoms with E-state index in [2.05, 4.69) is 6.72 Å². The van der Waals surface area contributed by atoms with Crippen LogP contribution in [0.1, 0.15) is 26.2 Å². The highest BCUT2D eigenvalue weighted by Crippen LogP contribution is 2.30. The molecule has 2 unspecified atom stereocenters. The van der Waals surface area contributed by atoms with Crippen molar-refractivity contribution in [2.75, 3.05) is 7.05 Å². The minimum Gasteiger partial charge on any atom is -0.390 e. The molecular weight excluding hydrogens is 126 g/mol. The van der Waals surface area contributed by atoms with Crippen LogP contribution in [0.25, 0.3) is 0 Å². The lowest BCUT2D eigenvalue weighted by Gasteiger charge is -2.13. The van der Waals surface area contributed by atoms with Gasteiger partial charge >= 0.3 is 0 Å². The van der Waals surface area contributed by atoms with Crippen molar-refractivity contribution in [3.05, 3.63) is 0 Å². The molecule has 0 saturated heterocycles. The van der Waals surface area contributed by atoms with E-state index < -0.39 is 5.60 Å². The number of rotatable bonds is 1. The fourth-order valence-corrected chi connectivity index (χ4v) is 1.57. The van der Waals surface area contributed by atoms with Crippen molar-refractivity contribution in [2.24, 2.45) is 0 Å². The molecule has 0 aliphatic heterocycles. The smallest absolute Gasteiger partial charge is 0.154 e. The molecule has 1 rings (SSSR count). The van der Waals surface area contributed by atoms with Crippen LogP contribution in [0.2, 0.25) is 0 Å². The number of aliphatic hydroxyl groups is 1. The van der Waals surface area contributed by atoms with Gasteiger partial charge in [-0.1, -0.05) is 0 Å². The zero-order chi connectivity index (χ0) is 7.78. The molecule has 10 heavy (non-hydrogen) atoms. The van der Waals surface area contributed by atoms with Crippen LogP contribution in [0.15, 0.2) is 0 Å². The van der Waals surface area contributed by atoms with E-state index in [9.17, 15) is 5.11 Å². The minimum absolute atomic E-state index is 0.434. The Labute approximate surface area is 62.2 Å². The molecule has 58 valence electrons. The van der Waals surface area contributed by atoms with Crippen molar-refractivity contribution in [3.8, 4) is 0 Å². The van der Waals surface area contributed by atoms with Gasteiger partial charge in [0.15, 0.2) is 6.04 Å². The molecule has 2 heteroatoms. The third-order valence-electron chi connectivity index (χ3n) is 2.31. The van der Waals surface area contributed by atoms with Crippen LogP contribution in [-0.2, 0) is 0 Å². The topological polar surface area (TPSA) is 23.2 Å². The summed E-state index contributed by atoms with van der Waals surface area (Å²) >= 11 is 0. The van der Waals surface area contributed by atoms with Gasteiger partial charge in [0, 0.05) is 12.8 Å². The van der Waals surface area contributed by atoms with Crippen molar-refractivity contribution in [1.29, 1.82) is 0 Å². The van der Waals surface area contributed by atoms with Gasteiger partial charge < -0.3 is 5.11 Å². The fraction of sp³-hybridized carbons (Fsp3) is 0.875. The standard InChI is InChI=1S/C8H16NO/c1-8(10)5-4-7(6-8)9(2)3/h7,10H,2,4-6H2,1,3H3/q+1. The number of hydrogen-bond donors (Lipinski definition) is 1. The van der Waals surface area contributed by atoms with Crippen LogP contribution in [0.3, 0.4) is 0 Å². The number of nitrogens with zero attached hydrogens (tertiary/aromatic N) is 1. The van der Waals surface area contributed by atoms with Gasteiger partial charge in [0.1, 0.15) is 13.8 Å². The molecule has 1 aliphatic carbocycles. The van der Waals surface area contributed by atoms with E-state index in [4.69, 9.17) is 0 Å². The Kier molecular flexibility index (Phi) is 1.82. The summed E-state index contributed by atoms with van der Waals surface area (Å²) in [5, 5.41) is 9.56. The van der Waals surface area contributed by atoms with Gasteiger partial charge in [-0.25, -0.2) is 4.58 Å². The molecule has 0 spiro atoms. The van der Waals surface area contributed by atoms with Gasteiger partial charge in [-0.2, -0.15) is 0 Å². The molecule has 0 aromatic rings. The highest BCUT2D eigenvalue weighted by atomic mass is 16.3. The van der Waals surface area contributed by atoms with Crippen molar-refractivity contribution in [2.45, 2.75) is 37.8 Å². The first-order chi connectivity index (χ1) is 4.51. The summed E-state index contributed by atoms with van der Waals surface area (Å²) in [6, 6.07) is 0.481. The minimum atomic E-state index is -0.434. The number of hydrogen-bond acceptors (Lipinski definition) is 1. The van der Waals surface area contributed by atoms with E-state index in [-0.39, 0.29) is 0 Å². The molecule has 0 bridgehead atoms. The molecule has 2 nitrogen and oxygen atoms in total. The Balaban J connectivity index is 2.51. The Hall–Kier alpha value is -0.370. The summed E-state index contributed by atoms with van der Waals surface area (Å²) in [4.78, 5) is 0. The molecule has 0 aromatic heterocycles. The SMILES string of the molecule is C=[N+](C)C1CCC(C)(O)C1. The molecule has 1 fully saturated rings. The van der Waals surface area contributed by atoms with Crippen molar-refractivity contribution in [1.82, 2.24) is 0 Å². The van der Waals surface area contributed by atoms with E-state index >= 15 is 0 Å². The first kappa shape index (κ1) is 7.73. The third kappa shape index (κ3) is 1.57. The molecule has 1 N–H and O–H groups in total. The van der Waals surface area contributed by atoms with Crippen molar-refractivity contribution in [3.63, 3.8) is 0 Å². The Bertz CT molecular complexity index is 151. The highest BCUT2D eigenvalue weighted by Gasteiger charge is 2.37. The second-order valence-electron chi connectivity index (χ2n) is 3.65. The summed E-state index contributed by atoms with van der Waals surface area (Å²) in [6.07, 6.45) is 2.86. The third-order valence-corrected chi connectivity index (χ3v) is 2.31. The zero-order valence-corrected chi connectivity index (χ0v) is 6.80. The van der Waals surface area contributed by atoms with E-state index in [1.54, 1.807) is 0 Å². The monoisotopic (exact) mass is 142 g/mol. The van der Waals surface area contributed by atoms with Crippen LogP contribution >= 0.6 is 0 Å². The van der Waals surface area contributed by atoms with Gasteiger partial charge in [0.2, 0.25) is 0 Å². The second kappa shape index (κ2) is 2.35. The molecule has 0 aromatic carbocycles. The largest absolute Gasteiger partial charge is 0.390 e. The molecular formula is C8H16NO+. The van der Waals surface area contributed by atoms with Crippen LogP contribution in [-0.4, -0.2) is 35.1 Å². The normalized spacial score (nSPS) is 40.1. The van der Waals surface area contributed by atoms with Crippen molar-refractivity contribution >= 4 is 6.72 Å². The Morgan fingerprint density at radius 1 is 1.70 bits per heavy atom. The van der Waals surface area contributed by atoms with Crippen LogP contribution in [0.4, 0.5) is 0 Å². The first-order valence-corrected chi connectivity index (χ1v) is 3.77. The van der Waals surface area contributed by atoms with E-state index in [1.807, 2.05) is 18.5 Å². The lowest BCUT2D eigenvalue weighted by atomic mass is 10.1. The molecule has 1 saturated carbocycles. The Morgan fingerprint density at radius 2 is 2.30 bits per heavy atom. The van der Waals surface area contributed by atoms with Gasteiger partial charge in [-0.3, -0.25) is 0 Å². The predicted molar refractivity (Wildman–Crippen MR) is 41.6 cm³/mol. The molecule has 0 heterocycles. The first-order valence-electron chi connectivity index (χ1n) is 3.77. The maximum atomic E-state index is 9.56. The van der Waals surface area contributed by atoms with Crippen LogP contribution in [0.5, 0.6) is 0 Å².